The van der Waals surface area contributed by atoms with Gasteiger partial charge in [-0.3, -0.25) is 14.1 Å². The lowest BCUT2D eigenvalue weighted by Gasteiger charge is -2.16. The predicted molar refractivity (Wildman–Crippen MR) is 134 cm³/mol. The number of hydrogen-bond donors (Lipinski definition) is 4. The van der Waals surface area contributed by atoms with E-state index < -0.39 is 16.2 Å². The van der Waals surface area contributed by atoms with Crippen LogP contribution in [-0.4, -0.2) is 30.7 Å². The molecule has 4 aromatic rings. The fourth-order valence-corrected chi connectivity index (χ4v) is 4.73. The molecule has 1 aliphatic heterocycles. The molecule has 0 bridgehead atoms. The van der Waals surface area contributed by atoms with Crippen molar-refractivity contribution in [2.75, 3.05) is 22.1 Å². The highest BCUT2D eigenvalue weighted by molar-refractivity contribution is 7.87. The van der Waals surface area contributed by atoms with Crippen molar-refractivity contribution in [2.24, 2.45) is 0 Å². The fraction of sp³-hybridized carbons (Fsp3) is 0.0870. The van der Waals surface area contributed by atoms with Crippen LogP contribution < -0.4 is 24.8 Å². The third-order valence-electron chi connectivity index (χ3n) is 5.23. The first-order chi connectivity index (χ1) is 17.3. The molecule has 1 aliphatic rings. The van der Waals surface area contributed by atoms with Gasteiger partial charge in [-0.2, -0.15) is 13.7 Å². The number of carbonyl (C=O) groups excluding carboxylic acids is 1. The molecular weight excluding hydrogens is 506 g/mol. The summed E-state index contributed by atoms with van der Waals surface area (Å²) >= 11 is 1.52. The summed E-state index contributed by atoms with van der Waals surface area (Å²) in [5.41, 5.74) is 1.13. The number of nitrogens with one attached hydrogen (secondary N) is 3. The lowest BCUT2D eigenvalue weighted by molar-refractivity contribution is 0.102. The highest BCUT2D eigenvalue weighted by Crippen LogP contribution is 2.35. The SMILES string of the molecule is N#Cc1c(NC(=O)c2ccc3c(c2)OCO3)nc2ccc(NS(=O)(=O)O)cc2c1NCc1cccs1. The Labute approximate surface area is 209 Å². The van der Waals surface area contributed by atoms with Gasteiger partial charge in [-0.1, -0.05) is 6.07 Å². The molecule has 0 saturated heterocycles. The normalized spacial score (nSPS) is 12.2. The molecule has 0 unspecified atom stereocenters. The van der Waals surface area contributed by atoms with Gasteiger partial charge in [0, 0.05) is 22.4 Å². The maximum absolute atomic E-state index is 13.0. The van der Waals surface area contributed by atoms with Crippen molar-refractivity contribution in [1.82, 2.24) is 4.98 Å². The molecule has 2 aromatic carbocycles. The zero-order chi connectivity index (χ0) is 25.3. The lowest BCUT2D eigenvalue weighted by Crippen LogP contribution is -2.15. The number of anilines is 3. The van der Waals surface area contributed by atoms with Gasteiger partial charge >= 0.3 is 10.3 Å². The van der Waals surface area contributed by atoms with Crippen LogP contribution in [0.5, 0.6) is 11.5 Å². The number of amides is 1. The number of hydrogen-bond acceptors (Lipinski definition) is 9. The minimum Gasteiger partial charge on any atom is -0.454 e. The standard InChI is InChI=1S/C23H17N5O6S2/c24-10-17-21(25-11-15-2-1-7-35-15)16-9-14(28-36(30,31)32)4-5-18(16)26-22(17)27-23(29)13-3-6-19-20(8-13)34-12-33-19/h1-9,28H,11-12H2,(H,30,31,32)(H2,25,26,27,29). The van der Waals surface area contributed by atoms with E-state index in [0.29, 0.717) is 34.6 Å². The first-order valence-corrected chi connectivity index (χ1v) is 12.7. The Bertz CT molecular complexity index is 1630. The summed E-state index contributed by atoms with van der Waals surface area (Å²) in [4.78, 5) is 18.4. The molecule has 36 heavy (non-hydrogen) atoms. The molecule has 1 amide bonds. The highest BCUT2D eigenvalue weighted by Gasteiger charge is 2.21. The van der Waals surface area contributed by atoms with E-state index in [1.807, 2.05) is 22.2 Å². The number of nitriles is 1. The van der Waals surface area contributed by atoms with Crippen LogP contribution in [0, 0.1) is 11.3 Å². The van der Waals surface area contributed by atoms with Gasteiger partial charge in [0.15, 0.2) is 17.3 Å². The smallest absolute Gasteiger partial charge is 0.357 e. The molecule has 0 radical (unpaired) electrons. The number of pyridine rings is 1. The Morgan fingerprint density at radius 1 is 1.17 bits per heavy atom. The molecule has 11 nitrogen and oxygen atoms in total. The third-order valence-corrected chi connectivity index (χ3v) is 6.60. The fourth-order valence-electron chi connectivity index (χ4n) is 3.66. The van der Waals surface area contributed by atoms with Crippen molar-refractivity contribution in [3.05, 3.63) is 69.9 Å². The van der Waals surface area contributed by atoms with Crippen molar-refractivity contribution in [1.29, 1.82) is 5.26 Å². The topological polar surface area (TPSA) is 163 Å². The maximum atomic E-state index is 13.0. The van der Waals surface area contributed by atoms with Gasteiger partial charge in [0.25, 0.3) is 5.91 Å². The van der Waals surface area contributed by atoms with Crippen LogP contribution >= 0.6 is 11.3 Å². The zero-order valence-corrected chi connectivity index (χ0v) is 19.9. The molecule has 2 aromatic heterocycles. The van der Waals surface area contributed by atoms with Crippen molar-refractivity contribution >= 4 is 55.6 Å². The summed E-state index contributed by atoms with van der Waals surface area (Å²) in [6.45, 7) is 0.440. The van der Waals surface area contributed by atoms with Gasteiger partial charge < -0.3 is 20.1 Å². The number of nitrogens with zero attached hydrogens (tertiary/aromatic N) is 2. The van der Waals surface area contributed by atoms with E-state index in [9.17, 15) is 18.5 Å². The van der Waals surface area contributed by atoms with Gasteiger partial charge in [0.1, 0.15) is 11.6 Å². The van der Waals surface area contributed by atoms with Crippen LogP contribution in [-0.2, 0) is 16.8 Å². The molecule has 0 fully saturated rings. The number of fused-ring (bicyclic) bond motifs is 2. The summed E-state index contributed by atoms with van der Waals surface area (Å²) < 4.78 is 44.4. The molecular formula is C23H17N5O6S2. The molecule has 0 aliphatic carbocycles. The Kier molecular flexibility index (Phi) is 6.06. The van der Waals surface area contributed by atoms with Gasteiger partial charge in [-0.05, 0) is 47.8 Å². The minimum absolute atomic E-state index is 0.0248. The number of ether oxygens (including phenoxy) is 2. The Morgan fingerprint density at radius 2 is 2.00 bits per heavy atom. The largest absolute Gasteiger partial charge is 0.454 e. The molecule has 0 atom stereocenters. The van der Waals surface area contributed by atoms with E-state index in [4.69, 9.17) is 14.0 Å². The Balaban J connectivity index is 1.56. The number of benzene rings is 2. The molecule has 5 rings (SSSR count). The molecule has 4 N–H and O–H groups in total. The number of rotatable bonds is 7. The van der Waals surface area contributed by atoms with Crippen molar-refractivity contribution in [3.63, 3.8) is 0 Å². The summed E-state index contributed by atoms with van der Waals surface area (Å²) in [6.07, 6.45) is 0. The third kappa shape index (κ3) is 4.86. The van der Waals surface area contributed by atoms with E-state index in [1.165, 1.54) is 35.6 Å². The van der Waals surface area contributed by atoms with E-state index in [0.717, 1.165) is 4.88 Å². The number of carbonyl (C=O) groups is 1. The van der Waals surface area contributed by atoms with Crippen molar-refractivity contribution in [3.8, 4) is 17.6 Å². The van der Waals surface area contributed by atoms with E-state index in [1.54, 1.807) is 12.1 Å². The summed E-state index contributed by atoms with van der Waals surface area (Å²) in [5.74, 6) is 0.483. The average molecular weight is 524 g/mol. The number of thiophene rings is 1. The van der Waals surface area contributed by atoms with Gasteiger partial charge in [-0.25, -0.2) is 4.98 Å². The van der Waals surface area contributed by atoms with Crippen LogP contribution in [0.3, 0.4) is 0 Å². The van der Waals surface area contributed by atoms with E-state index >= 15 is 0 Å². The van der Waals surface area contributed by atoms with Crippen LogP contribution in [0.25, 0.3) is 10.9 Å². The molecule has 0 spiro atoms. The maximum Gasteiger partial charge on any atom is 0.357 e. The second-order valence-electron chi connectivity index (χ2n) is 7.59. The van der Waals surface area contributed by atoms with Crippen LogP contribution in [0.4, 0.5) is 17.2 Å². The summed E-state index contributed by atoms with van der Waals surface area (Å²) in [5, 5.41) is 18.2. The molecule has 3 heterocycles. The molecule has 0 saturated carbocycles. The van der Waals surface area contributed by atoms with Crippen LogP contribution in [0.15, 0.2) is 53.9 Å². The van der Waals surface area contributed by atoms with Crippen LogP contribution in [0.1, 0.15) is 20.8 Å². The van der Waals surface area contributed by atoms with E-state index in [-0.39, 0.29) is 29.4 Å². The van der Waals surface area contributed by atoms with Crippen molar-refractivity contribution < 1.29 is 27.2 Å². The second-order valence-corrected chi connectivity index (χ2v) is 9.77. The van der Waals surface area contributed by atoms with Crippen LogP contribution in [0.2, 0.25) is 0 Å². The second kappa shape index (κ2) is 9.34. The zero-order valence-electron chi connectivity index (χ0n) is 18.3. The predicted octanol–water partition coefficient (Wildman–Crippen LogP) is 3.98. The monoisotopic (exact) mass is 523 g/mol. The number of aromatic nitrogens is 1. The summed E-state index contributed by atoms with van der Waals surface area (Å²) in [7, 11) is -4.51. The van der Waals surface area contributed by atoms with Gasteiger partial charge in [0.2, 0.25) is 6.79 Å². The summed E-state index contributed by atoms with van der Waals surface area (Å²) in [6, 6.07) is 15.0. The highest BCUT2D eigenvalue weighted by atomic mass is 32.2. The lowest BCUT2D eigenvalue weighted by atomic mass is 10.1. The van der Waals surface area contributed by atoms with Gasteiger partial charge in [-0.15, -0.1) is 11.3 Å². The van der Waals surface area contributed by atoms with E-state index in [2.05, 4.69) is 21.7 Å². The Morgan fingerprint density at radius 3 is 2.75 bits per heavy atom. The van der Waals surface area contributed by atoms with Crippen molar-refractivity contribution in [2.45, 2.75) is 6.54 Å². The molecule has 182 valence electrons. The first kappa shape index (κ1) is 23.4. The minimum atomic E-state index is -4.51. The van der Waals surface area contributed by atoms with Gasteiger partial charge in [0.05, 0.1) is 16.9 Å². The Hall–Kier alpha value is -4.38. The molecule has 13 heteroatoms. The quantitative estimate of drug-likeness (QED) is 0.262. The first-order valence-electron chi connectivity index (χ1n) is 10.4. The average Bonchev–Trinajstić information content (AvgIpc) is 3.53.